The first kappa shape index (κ1) is 21.2. The Labute approximate surface area is 184 Å². The van der Waals surface area contributed by atoms with E-state index in [1.54, 1.807) is 5.38 Å². The summed E-state index contributed by atoms with van der Waals surface area (Å²) in [7, 11) is 0. The van der Waals surface area contributed by atoms with Crippen LogP contribution in [-0.2, 0) is 17.8 Å². The number of amides is 1. The highest BCUT2D eigenvalue weighted by atomic mass is 79.9. The highest BCUT2D eigenvalue weighted by molar-refractivity contribution is 9.10. The average Bonchev–Trinajstić information content (AvgIpc) is 3.32. The normalized spacial score (nSPS) is 11.7. The van der Waals surface area contributed by atoms with Crippen molar-refractivity contribution in [3.8, 4) is 11.4 Å². The number of anilines is 1. The number of H-pyrrole nitrogens is 1. The summed E-state index contributed by atoms with van der Waals surface area (Å²) in [4.78, 5) is 33.0. The van der Waals surface area contributed by atoms with E-state index in [2.05, 4.69) is 41.4 Å². The third-order valence-corrected chi connectivity index (χ3v) is 6.09. The summed E-state index contributed by atoms with van der Waals surface area (Å²) in [5.74, 6) is -0.0903. The summed E-state index contributed by atoms with van der Waals surface area (Å²) in [6.07, 6.45) is -3.10. The number of pyridine rings is 2. The zero-order chi connectivity index (χ0) is 22.2. The SMILES string of the molecule is O=C(Cn1c(=O)ccc2cnc(CC(F)(F)F)cc21)Nc1scc(Br)c1-c1ncn[nH]1. The monoisotopic (exact) mass is 512 g/mol. The van der Waals surface area contributed by atoms with E-state index >= 15 is 0 Å². The van der Waals surface area contributed by atoms with Crippen molar-refractivity contribution in [2.24, 2.45) is 0 Å². The van der Waals surface area contributed by atoms with E-state index in [9.17, 15) is 22.8 Å². The Morgan fingerprint density at radius 1 is 1.29 bits per heavy atom. The lowest BCUT2D eigenvalue weighted by molar-refractivity contribution is -0.127. The van der Waals surface area contributed by atoms with Crippen LogP contribution >= 0.6 is 27.3 Å². The molecule has 0 saturated carbocycles. The van der Waals surface area contributed by atoms with Crippen molar-refractivity contribution in [1.82, 2.24) is 24.7 Å². The Kier molecular flexibility index (Phi) is 5.62. The number of aromatic nitrogens is 5. The van der Waals surface area contributed by atoms with E-state index in [-0.39, 0.29) is 11.2 Å². The molecule has 2 N–H and O–H groups in total. The first-order valence-corrected chi connectivity index (χ1v) is 10.4. The van der Waals surface area contributed by atoms with Crippen molar-refractivity contribution >= 4 is 49.1 Å². The molecule has 0 bridgehead atoms. The van der Waals surface area contributed by atoms with E-state index in [1.165, 1.54) is 42.1 Å². The van der Waals surface area contributed by atoms with Crippen LogP contribution in [0.3, 0.4) is 0 Å². The predicted octanol–water partition coefficient (Wildman–Crippen LogP) is 3.75. The fourth-order valence-electron chi connectivity index (χ4n) is 2.98. The van der Waals surface area contributed by atoms with Crippen LogP contribution in [0.25, 0.3) is 22.3 Å². The third kappa shape index (κ3) is 4.66. The van der Waals surface area contributed by atoms with E-state index in [0.717, 1.165) is 4.57 Å². The molecule has 1 amide bonds. The van der Waals surface area contributed by atoms with Gasteiger partial charge < -0.3 is 5.32 Å². The van der Waals surface area contributed by atoms with Crippen molar-refractivity contribution in [3.05, 3.63) is 56.6 Å². The van der Waals surface area contributed by atoms with Gasteiger partial charge in [-0.15, -0.1) is 11.3 Å². The molecule has 0 spiro atoms. The van der Waals surface area contributed by atoms with E-state index < -0.39 is 30.6 Å². The van der Waals surface area contributed by atoms with Crippen molar-refractivity contribution in [1.29, 1.82) is 0 Å². The van der Waals surface area contributed by atoms with E-state index in [1.807, 2.05) is 0 Å². The smallest absolute Gasteiger partial charge is 0.315 e. The number of fused-ring (bicyclic) bond motifs is 1. The molecule has 0 aliphatic rings. The summed E-state index contributed by atoms with van der Waals surface area (Å²) in [5.41, 5.74) is 0.0293. The first-order valence-electron chi connectivity index (χ1n) is 8.69. The molecule has 4 aromatic rings. The molecule has 4 aromatic heterocycles. The first-order chi connectivity index (χ1) is 14.7. The number of carbonyl (C=O) groups excluding carboxylic acids is 1. The minimum absolute atomic E-state index is 0.194. The number of hydrogen-bond donors (Lipinski definition) is 2. The van der Waals surface area contributed by atoms with Crippen LogP contribution in [0.15, 0.2) is 45.4 Å². The van der Waals surface area contributed by atoms with Crippen molar-refractivity contribution in [3.63, 3.8) is 0 Å². The lowest BCUT2D eigenvalue weighted by Gasteiger charge is -2.12. The number of nitrogens with one attached hydrogen (secondary N) is 2. The second-order valence-corrected chi connectivity index (χ2v) is 8.19. The highest BCUT2D eigenvalue weighted by Crippen LogP contribution is 2.38. The van der Waals surface area contributed by atoms with Crippen LogP contribution in [0.2, 0.25) is 0 Å². The fraction of sp³-hybridized carbons (Fsp3) is 0.167. The van der Waals surface area contributed by atoms with Crippen molar-refractivity contribution in [2.75, 3.05) is 5.32 Å². The zero-order valence-corrected chi connectivity index (χ0v) is 17.8. The number of nitrogens with zero attached hydrogens (tertiary/aromatic N) is 4. The number of halogens is 4. The molecule has 13 heteroatoms. The number of rotatable bonds is 5. The van der Waals surface area contributed by atoms with Gasteiger partial charge in [0, 0.05) is 27.5 Å². The minimum Gasteiger partial charge on any atom is -0.315 e. The molecule has 31 heavy (non-hydrogen) atoms. The second-order valence-electron chi connectivity index (χ2n) is 6.45. The third-order valence-electron chi connectivity index (χ3n) is 4.27. The van der Waals surface area contributed by atoms with Crippen molar-refractivity contribution in [2.45, 2.75) is 19.1 Å². The number of carbonyl (C=O) groups is 1. The molecular formula is C18H12BrF3N6O2S. The number of hydrogen-bond acceptors (Lipinski definition) is 6. The van der Waals surface area contributed by atoms with Gasteiger partial charge in [0.05, 0.1) is 23.2 Å². The second kappa shape index (κ2) is 8.23. The van der Waals surface area contributed by atoms with Gasteiger partial charge in [-0.05, 0) is 28.1 Å². The van der Waals surface area contributed by atoms with Gasteiger partial charge in [-0.3, -0.25) is 24.2 Å². The molecule has 0 atom stereocenters. The summed E-state index contributed by atoms with van der Waals surface area (Å²) >= 11 is 4.63. The summed E-state index contributed by atoms with van der Waals surface area (Å²) in [5, 5.41) is 11.9. The topological polar surface area (TPSA) is 106 Å². The molecule has 160 valence electrons. The number of aromatic amines is 1. The van der Waals surface area contributed by atoms with Crippen LogP contribution in [-0.4, -0.2) is 36.8 Å². The molecule has 0 aliphatic heterocycles. The lowest BCUT2D eigenvalue weighted by Crippen LogP contribution is -2.27. The maximum atomic E-state index is 12.7. The van der Waals surface area contributed by atoms with Crippen LogP contribution < -0.4 is 10.9 Å². The van der Waals surface area contributed by atoms with Gasteiger partial charge in [-0.1, -0.05) is 0 Å². The number of thiophene rings is 1. The molecule has 4 heterocycles. The molecule has 0 unspecified atom stereocenters. The highest BCUT2D eigenvalue weighted by Gasteiger charge is 2.28. The average molecular weight is 513 g/mol. The predicted molar refractivity (Wildman–Crippen MR) is 112 cm³/mol. The van der Waals surface area contributed by atoms with Crippen LogP contribution in [0, 0.1) is 0 Å². The summed E-state index contributed by atoms with van der Waals surface area (Å²) < 4.78 is 40.0. The Bertz CT molecular complexity index is 1320. The quantitative estimate of drug-likeness (QED) is 0.423. The van der Waals surface area contributed by atoms with Gasteiger partial charge in [-0.25, -0.2) is 4.98 Å². The summed E-state index contributed by atoms with van der Waals surface area (Å²) in [6, 6.07) is 3.87. The standard InChI is InChI=1S/C18H12BrF3N6O2S/c19-11-7-31-17(15(11)16-24-8-25-27-16)26-13(29)6-28-12-3-10(4-18(20,21)22)23-5-9(12)1-2-14(28)30/h1-3,5,7-8H,4,6H2,(H,26,29)(H,24,25,27). The van der Waals surface area contributed by atoms with Gasteiger partial charge in [0.2, 0.25) is 5.91 Å². The molecule has 4 rings (SSSR count). The van der Waals surface area contributed by atoms with Crippen LogP contribution in [0.5, 0.6) is 0 Å². The Balaban J connectivity index is 1.64. The van der Waals surface area contributed by atoms with Crippen LogP contribution in [0.4, 0.5) is 18.2 Å². The molecule has 0 fully saturated rings. The molecule has 8 nitrogen and oxygen atoms in total. The Morgan fingerprint density at radius 3 is 2.81 bits per heavy atom. The van der Waals surface area contributed by atoms with Crippen molar-refractivity contribution < 1.29 is 18.0 Å². The minimum atomic E-state index is -4.44. The van der Waals surface area contributed by atoms with Crippen LogP contribution in [0.1, 0.15) is 5.69 Å². The molecule has 0 aliphatic carbocycles. The van der Waals surface area contributed by atoms with Gasteiger partial charge in [0.25, 0.3) is 5.56 Å². The largest absolute Gasteiger partial charge is 0.394 e. The zero-order valence-electron chi connectivity index (χ0n) is 15.4. The molecule has 0 radical (unpaired) electrons. The Morgan fingerprint density at radius 2 is 2.10 bits per heavy atom. The van der Waals surface area contributed by atoms with E-state index in [0.29, 0.717) is 26.2 Å². The Hall–Kier alpha value is -3.06. The van der Waals surface area contributed by atoms with Gasteiger partial charge >= 0.3 is 6.18 Å². The fourth-order valence-corrected chi connectivity index (χ4v) is 4.61. The lowest BCUT2D eigenvalue weighted by atomic mass is 10.2. The van der Waals surface area contributed by atoms with Gasteiger partial charge in [-0.2, -0.15) is 18.3 Å². The maximum Gasteiger partial charge on any atom is 0.394 e. The van der Waals surface area contributed by atoms with Gasteiger partial charge in [0.1, 0.15) is 17.9 Å². The molecular weight excluding hydrogens is 501 g/mol. The molecule has 0 saturated heterocycles. The number of alkyl halides is 3. The van der Waals surface area contributed by atoms with E-state index in [4.69, 9.17) is 0 Å². The summed E-state index contributed by atoms with van der Waals surface area (Å²) in [6.45, 7) is -0.392. The molecule has 0 aromatic carbocycles. The van der Waals surface area contributed by atoms with Gasteiger partial charge in [0.15, 0.2) is 5.82 Å². The maximum absolute atomic E-state index is 12.7.